The quantitative estimate of drug-likeness (QED) is 0.942. The van der Waals surface area contributed by atoms with Gasteiger partial charge in [-0.05, 0) is 39.7 Å². The van der Waals surface area contributed by atoms with E-state index in [-0.39, 0.29) is 12.1 Å². The molecule has 2 aromatic rings. The molecule has 0 spiro atoms. The van der Waals surface area contributed by atoms with Gasteiger partial charge in [-0.15, -0.1) is 0 Å². The van der Waals surface area contributed by atoms with Gasteiger partial charge in [0.05, 0.1) is 17.2 Å². The Morgan fingerprint density at radius 3 is 2.50 bits per heavy atom. The van der Waals surface area contributed by atoms with Crippen LogP contribution in [0.5, 0.6) is 0 Å². The first-order chi connectivity index (χ1) is 10.5. The van der Waals surface area contributed by atoms with Crippen molar-refractivity contribution >= 4 is 16.8 Å². The average molecular weight is 299 g/mol. The first-order valence-electron chi connectivity index (χ1n) is 8.17. The van der Waals surface area contributed by atoms with Gasteiger partial charge in [-0.3, -0.25) is 9.69 Å². The highest BCUT2D eigenvalue weighted by Gasteiger charge is 2.30. The number of hydrogen-bond donors (Lipinski definition) is 1. The van der Waals surface area contributed by atoms with Crippen LogP contribution in [-0.4, -0.2) is 27.5 Å². The molecule has 3 rings (SSSR count). The summed E-state index contributed by atoms with van der Waals surface area (Å²) < 4.78 is 2.20. The van der Waals surface area contributed by atoms with E-state index < -0.39 is 0 Å². The molecular formula is C18H25N3O. The minimum atomic E-state index is -0.359. The zero-order valence-electron chi connectivity index (χ0n) is 13.6. The number of likely N-dealkylation sites (tertiary alicyclic amines) is 1. The lowest BCUT2D eigenvalue weighted by molar-refractivity contribution is 0.0316. The van der Waals surface area contributed by atoms with Crippen molar-refractivity contribution in [1.82, 2.24) is 9.47 Å². The van der Waals surface area contributed by atoms with Crippen molar-refractivity contribution in [3.8, 4) is 0 Å². The van der Waals surface area contributed by atoms with Crippen molar-refractivity contribution in [1.29, 1.82) is 0 Å². The molecule has 0 radical (unpaired) electrons. The van der Waals surface area contributed by atoms with Crippen LogP contribution in [-0.2, 0) is 0 Å². The highest BCUT2D eigenvalue weighted by molar-refractivity contribution is 6.06. The van der Waals surface area contributed by atoms with Crippen LogP contribution < -0.4 is 5.73 Å². The first kappa shape index (κ1) is 15.1. The SMILES string of the molecule is CC1CCCC(C)N1C(C)n1cc(C(N)=O)c2ccccc21. The second kappa shape index (κ2) is 5.76. The van der Waals surface area contributed by atoms with Gasteiger partial charge >= 0.3 is 0 Å². The predicted molar refractivity (Wildman–Crippen MR) is 89.8 cm³/mol. The second-order valence-corrected chi connectivity index (χ2v) is 6.54. The third kappa shape index (κ3) is 2.41. The van der Waals surface area contributed by atoms with Crippen molar-refractivity contribution in [3.05, 3.63) is 36.0 Å². The third-order valence-electron chi connectivity index (χ3n) is 5.10. The number of nitrogens with two attached hydrogens (primary N) is 1. The van der Waals surface area contributed by atoms with E-state index in [1.165, 1.54) is 19.3 Å². The topological polar surface area (TPSA) is 51.3 Å². The molecule has 1 fully saturated rings. The molecule has 1 aliphatic heterocycles. The summed E-state index contributed by atoms with van der Waals surface area (Å²) in [7, 11) is 0. The van der Waals surface area contributed by atoms with Crippen molar-refractivity contribution in [3.63, 3.8) is 0 Å². The van der Waals surface area contributed by atoms with E-state index in [4.69, 9.17) is 5.73 Å². The van der Waals surface area contributed by atoms with Gasteiger partial charge in [0.15, 0.2) is 0 Å². The Morgan fingerprint density at radius 2 is 1.86 bits per heavy atom. The summed E-state index contributed by atoms with van der Waals surface area (Å²) in [5, 5.41) is 0.944. The highest BCUT2D eigenvalue weighted by Crippen LogP contribution is 2.32. The number of piperidine rings is 1. The summed E-state index contributed by atoms with van der Waals surface area (Å²) >= 11 is 0. The van der Waals surface area contributed by atoms with Crippen LogP contribution in [0.2, 0.25) is 0 Å². The summed E-state index contributed by atoms with van der Waals surface area (Å²) in [4.78, 5) is 14.3. The maximum Gasteiger partial charge on any atom is 0.250 e. The summed E-state index contributed by atoms with van der Waals surface area (Å²) in [5.41, 5.74) is 7.25. The van der Waals surface area contributed by atoms with Crippen LogP contribution in [0.1, 0.15) is 56.6 Å². The second-order valence-electron chi connectivity index (χ2n) is 6.54. The molecule has 2 heterocycles. The van der Waals surface area contributed by atoms with Crippen LogP contribution >= 0.6 is 0 Å². The molecule has 1 aliphatic rings. The molecule has 1 amide bonds. The zero-order valence-corrected chi connectivity index (χ0v) is 13.6. The summed E-state index contributed by atoms with van der Waals surface area (Å²) in [5.74, 6) is -0.359. The molecule has 0 saturated carbocycles. The number of benzene rings is 1. The fourth-order valence-electron chi connectivity index (χ4n) is 4.03. The van der Waals surface area contributed by atoms with E-state index in [0.29, 0.717) is 17.6 Å². The Hall–Kier alpha value is -1.81. The Morgan fingerprint density at radius 1 is 1.23 bits per heavy atom. The average Bonchev–Trinajstić information content (AvgIpc) is 2.86. The summed E-state index contributed by atoms with van der Waals surface area (Å²) in [6, 6.07) is 9.11. The molecule has 1 aromatic heterocycles. The molecular weight excluding hydrogens is 274 g/mol. The van der Waals surface area contributed by atoms with Gasteiger partial charge in [-0.1, -0.05) is 24.6 Å². The number of primary amides is 1. The standard InChI is InChI=1S/C18H25N3O/c1-12-7-6-8-13(2)21(12)14(3)20-11-16(18(19)22)15-9-4-5-10-17(15)20/h4-5,9-14H,6-8H2,1-3H3,(H2,19,22). The summed E-state index contributed by atoms with van der Waals surface area (Å²) in [6.07, 6.45) is 5.90. The number of nitrogens with zero attached hydrogens (tertiary/aromatic N) is 2. The van der Waals surface area contributed by atoms with Crippen LogP contribution in [0.25, 0.3) is 10.9 Å². The van der Waals surface area contributed by atoms with E-state index in [2.05, 4.69) is 36.3 Å². The number of hydrogen-bond acceptors (Lipinski definition) is 2. The van der Waals surface area contributed by atoms with Gasteiger partial charge in [0, 0.05) is 23.7 Å². The lowest BCUT2D eigenvalue weighted by Gasteiger charge is -2.43. The maximum absolute atomic E-state index is 11.8. The van der Waals surface area contributed by atoms with Gasteiger partial charge in [-0.2, -0.15) is 0 Å². The van der Waals surface area contributed by atoms with E-state index >= 15 is 0 Å². The molecule has 4 nitrogen and oxygen atoms in total. The van der Waals surface area contributed by atoms with E-state index in [1.807, 2.05) is 24.4 Å². The molecule has 0 aliphatic carbocycles. The maximum atomic E-state index is 11.8. The van der Waals surface area contributed by atoms with Crippen LogP contribution in [0, 0.1) is 0 Å². The normalized spacial score (nSPS) is 24.5. The van der Waals surface area contributed by atoms with Crippen LogP contribution in [0.15, 0.2) is 30.5 Å². The first-order valence-corrected chi connectivity index (χ1v) is 8.17. The van der Waals surface area contributed by atoms with Crippen molar-refractivity contribution in [2.24, 2.45) is 5.73 Å². The largest absolute Gasteiger partial charge is 0.366 e. The lowest BCUT2D eigenvalue weighted by Crippen LogP contribution is -2.46. The Labute approximate surface area is 131 Å². The van der Waals surface area contributed by atoms with E-state index in [9.17, 15) is 4.79 Å². The molecule has 22 heavy (non-hydrogen) atoms. The van der Waals surface area contributed by atoms with E-state index in [1.54, 1.807) is 0 Å². The molecule has 0 bridgehead atoms. The monoisotopic (exact) mass is 299 g/mol. The van der Waals surface area contributed by atoms with E-state index in [0.717, 1.165) is 10.9 Å². The molecule has 1 saturated heterocycles. The smallest absolute Gasteiger partial charge is 0.250 e. The number of rotatable bonds is 3. The molecule has 4 heteroatoms. The lowest BCUT2D eigenvalue weighted by atomic mass is 9.97. The summed E-state index contributed by atoms with van der Waals surface area (Å²) in [6.45, 7) is 6.81. The third-order valence-corrected chi connectivity index (χ3v) is 5.10. The van der Waals surface area contributed by atoms with Crippen LogP contribution in [0.4, 0.5) is 0 Å². The number of para-hydroxylation sites is 1. The molecule has 118 valence electrons. The van der Waals surface area contributed by atoms with Gasteiger partial charge in [0.2, 0.25) is 0 Å². The fourth-order valence-corrected chi connectivity index (χ4v) is 4.03. The molecule has 1 aromatic carbocycles. The van der Waals surface area contributed by atoms with Crippen molar-refractivity contribution in [2.45, 2.75) is 58.3 Å². The number of carbonyl (C=O) groups is 1. The van der Waals surface area contributed by atoms with Crippen molar-refractivity contribution in [2.75, 3.05) is 0 Å². The van der Waals surface area contributed by atoms with Gasteiger partial charge in [-0.25, -0.2) is 0 Å². The number of carbonyl (C=O) groups excluding carboxylic acids is 1. The van der Waals surface area contributed by atoms with Gasteiger partial charge in [0.1, 0.15) is 0 Å². The van der Waals surface area contributed by atoms with Gasteiger partial charge < -0.3 is 10.3 Å². The molecule has 3 unspecified atom stereocenters. The Kier molecular flexibility index (Phi) is 3.96. The minimum Gasteiger partial charge on any atom is -0.366 e. The molecule has 2 N–H and O–H groups in total. The number of aromatic nitrogens is 1. The van der Waals surface area contributed by atoms with Crippen molar-refractivity contribution < 1.29 is 4.79 Å². The Bertz CT molecular complexity index is 681. The number of amides is 1. The fraction of sp³-hybridized carbons (Fsp3) is 0.500. The predicted octanol–water partition coefficient (Wildman–Crippen LogP) is 3.52. The minimum absolute atomic E-state index is 0.211. The highest BCUT2D eigenvalue weighted by atomic mass is 16.1. The molecule has 3 atom stereocenters. The van der Waals surface area contributed by atoms with Crippen LogP contribution in [0.3, 0.4) is 0 Å². The zero-order chi connectivity index (χ0) is 15.9. The Balaban J connectivity index is 2.07. The number of fused-ring (bicyclic) bond motifs is 1. The van der Waals surface area contributed by atoms with Gasteiger partial charge in [0.25, 0.3) is 5.91 Å².